The summed E-state index contributed by atoms with van der Waals surface area (Å²) in [4.78, 5) is 7.16. The highest BCUT2D eigenvalue weighted by molar-refractivity contribution is 5.94. The molecule has 3 rings (SSSR count). The molecule has 1 aliphatic heterocycles. The van der Waals surface area contributed by atoms with E-state index in [-0.39, 0.29) is 0 Å². The predicted octanol–water partition coefficient (Wildman–Crippen LogP) is 3.16. The van der Waals surface area contributed by atoms with Gasteiger partial charge in [0.05, 0.1) is 14.2 Å². The van der Waals surface area contributed by atoms with Crippen molar-refractivity contribution in [1.29, 1.82) is 0 Å². The van der Waals surface area contributed by atoms with Crippen molar-refractivity contribution in [2.45, 2.75) is 19.8 Å². The molecular formula is C16H20N2O2. The molecule has 106 valence electrons. The first-order valence-electron chi connectivity index (χ1n) is 7.02. The van der Waals surface area contributed by atoms with Gasteiger partial charge in [-0.2, -0.15) is 0 Å². The summed E-state index contributed by atoms with van der Waals surface area (Å²) in [5.74, 6) is 2.68. The molecule has 1 fully saturated rings. The van der Waals surface area contributed by atoms with Crippen LogP contribution in [0.5, 0.6) is 11.5 Å². The van der Waals surface area contributed by atoms with Crippen LogP contribution in [0.4, 0.5) is 5.82 Å². The SMILES string of the molecule is COc1ccc(OC)c2c(C)cc(N3CCCC3)nc12. The van der Waals surface area contributed by atoms with E-state index in [0.717, 1.165) is 41.3 Å². The zero-order valence-electron chi connectivity index (χ0n) is 12.3. The third kappa shape index (κ3) is 2.05. The first-order valence-corrected chi connectivity index (χ1v) is 7.02. The fraction of sp³-hybridized carbons (Fsp3) is 0.438. The lowest BCUT2D eigenvalue weighted by Gasteiger charge is -2.19. The maximum atomic E-state index is 5.46. The van der Waals surface area contributed by atoms with Crippen LogP contribution in [0.1, 0.15) is 18.4 Å². The van der Waals surface area contributed by atoms with E-state index in [4.69, 9.17) is 14.5 Å². The number of ether oxygens (including phenoxy) is 2. The molecule has 0 atom stereocenters. The van der Waals surface area contributed by atoms with E-state index in [2.05, 4.69) is 17.9 Å². The predicted molar refractivity (Wildman–Crippen MR) is 81.0 cm³/mol. The number of nitrogens with zero attached hydrogens (tertiary/aromatic N) is 2. The minimum absolute atomic E-state index is 0.796. The van der Waals surface area contributed by atoms with Crippen molar-refractivity contribution >= 4 is 16.7 Å². The molecule has 0 amide bonds. The Labute approximate surface area is 119 Å². The van der Waals surface area contributed by atoms with Crippen LogP contribution in [0.15, 0.2) is 18.2 Å². The zero-order chi connectivity index (χ0) is 14.1. The molecule has 0 spiro atoms. The molecule has 0 radical (unpaired) electrons. The van der Waals surface area contributed by atoms with Crippen molar-refractivity contribution in [3.63, 3.8) is 0 Å². The highest BCUT2D eigenvalue weighted by Gasteiger charge is 2.18. The third-order valence-corrected chi connectivity index (χ3v) is 3.94. The summed E-state index contributed by atoms with van der Waals surface area (Å²) in [6.45, 7) is 4.28. The lowest BCUT2D eigenvalue weighted by molar-refractivity contribution is 0.409. The van der Waals surface area contributed by atoms with Gasteiger partial charge in [-0.15, -0.1) is 0 Å². The highest BCUT2D eigenvalue weighted by Crippen LogP contribution is 2.36. The molecule has 0 N–H and O–H groups in total. The average Bonchev–Trinajstić information content (AvgIpc) is 3.00. The molecular weight excluding hydrogens is 252 g/mol. The fourth-order valence-electron chi connectivity index (χ4n) is 2.90. The molecule has 1 aromatic heterocycles. The van der Waals surface area contributed by atoms with E-state index in [1.165, 1.54) is 18.4 Å². The van der Waals surface area contributed by atoms with Crippen LogP contribution in [-0.2, 0) is 0 Å². The largest absolute Gasteiger partial charge is 0.496 e. The number of fused-ring (bicyclic) bond motifs is 1. The Bertz CT molecular complexity index is 634. The number of aromatic nitrogens is 1. The zero-order valence-corrected chi connectivity index (χ0v) is 12.3. The van der Waals surface area contributed by atoms with Crippen molar-refractivity contribution < 1.29 is 9.47 Å². The van der Waals surface area contributed by atoms with Crippen molar-refractivity contribution in [1.82, 2.24) is 4.98 Å². The van der Waals surface area contributed by atoms with Gasteiger partial charge in [0.2, 0.25) is 0 Å². The summed E-state index contributed by atoms with van der Waals surface area (Å²) in [5, 5.41) is 1.04. The smallest absolute Gasteiger partial charge is 0.145 e. The number of anilines is 1. The van der Waals surface area contributed by atoms with E-state index >= 15 is 0 Å². The van der Waals surface area contributed by atoms with Crippen molar-refractivity contribution in [2.24, 2.45) is 0 Å². The van der Waals surface area contributed by atoms with Crippen LogP contribution in [-0.4, -0.2) is 32.3 Å². The third-order valence-electron chi connectivity index (χ3n) is 3.94. The van der Waals surface area contributed by atoms with Gasteiger partial charge in [0, 0.05) is 18.5 Å². The van der Waals surface area contributed by atoms with E-state index in [0.29, 0.717) is 0 Å². The number of rotatable bonds is 3. The molecule has 4 heteroatoms. The summed E-state index contributed by atoms with van der Waals surface area (Å²) < 4.78 is 10.9. The van der Waals surface area contributed by atoms with E-state index in [1.807, 2.05) is 12.1 Å². The van der Waals surface area contributed by atoms with Gasteiger partial charge in [0.15, 0.2) is 0 Å². The van der Waals surface area contributed by atoms with Crippen LogP contribution in [0.25, 0.3) is 10.9 Å². The van der Waals surface area contributed by atoms with Gasteiger partial charge in [0.25, 0.3) is 0 Å². The Morgan fingerprint density at radius 1 is 1.05 bits per heavy atom. The van der Waals surface area contributed by atoms with Crippen molar-refractivity contribution in [3.8, 4) is 11.5 Å². The van der Waals surface area contributed by atoms with Gasteiger partial charge in [-0.1, -0.05) is 0 Å². The molecule has 0 unspecified atom stereocenters. The Morgan fingerprint density at radius 3 is 2.35 bits per heavy atom. The Morgan fingerprint density at radius 2 is 1.70 bits per heavy atom. The first-order chi connectivity index (χ1) is 9.74. The number of hydrogen-bond donors (Lipinski definition) is 0. The topological polar surface area (TPSA) is 34.6 Å². The Balaban J connectivity index is 2.23. The van der Waals surface area contributed by atoms with Gasteiger partial charge in [-0.05, 0) is 43.5 Å². The Kier molecular flexibility index (Phi) is 3.38. The molecule has 0 aliphatic carbocycles. The average molecular weight is 272 g/mol. The summed E-state index contributed by atoms with van der Waals surface area (Å²) in [7, 11) is 3.37. The lowest BCUT2D eigenvalue weighted by Crippen LogP contribution is -2.19. The number of hydrogen-bond acceptors (Lipinski definition) is 4. The quantitative estimate of drug-likeness (QED) is 0.859. The van der Waals surface area contributed by atoms with Crippen LogP contribution >= 0.6 is 0 Å². The molecule has 0 saturated carbocycles. The maximum absolute atomic E-state index is 5.46. The number of pyridine rings is 1. The first kappa shape index (κ1) is 13.0. The van der Waals surface area contributed by atoms with Crippen LogP contribution < -0.4 is 14.4 Å². The molecule has 20 heavy (non-hydrogen) atoms. The molecule has 2 heterocycles. The van der Waals surface area contributed by atoms with Gasteiger partial charge in [-0.3, -0.25) is 0 Å². The van der Waals surface area contributed by atoms with E-state index in [1.54, 1.807) is 14.2 Å². The van der Waals surface area contributed by atoms with Crippen LogP contribution in [0, 0.1) is 6.92 Å². The van der Waals surface area contributed by atoms with Crippen LogP contribution in [0.3, 0.4) is 0 Å². The Hall–Kier alpha value is -1.97. The van der Waals surface area contributed by atoms with E-state index < -0.39 is 0 Å². The highest BCUT2D eigenvalue weighted by atomic mass is 16.5. The summed E-state index contributed by atoms with van der Waals surface area (Å²) in [6.07, 6.45) is 2.49. The number of methoxy groups -OCH3 is 2. The van der Waals surface area contributed by atoms with Crippen molar-refractivity contribution in [2.75, 3.05) is 32.2 Å². The second-order valence-corrected chi connectivity index (χ2v) is 5.19. The van der Waals surface area contributed by atoms with Gasteiger partial charge >= 0.3 is 0 Å². The second-order valence-electron chi connectivity index (χ2n) is 5.19. The summed E-state index contributed by atoms with van der Waals surface area (Å²) in [6, 6.07) is 6.00. The molecule has 1 saturated heterocycles. The fourth-order valence-corrected chi connectivity index (χ4v) is 2.90. The summed E-state index contributed by atoms with van der Waals surface area (Å²) in [5.41, 5.74) is 2.06. The molecule has 0 bridgehead atoms. The molecule has 2 aromatic rings. The number of aryl methyl sites for hydroxylation is 1. The lowest BCUT2D eigenvalue weighted by atomic mass is 10.1. The molecule has 1 aromatic carbocycles. The normalized spacial score (nSPS) is 14.8. The summed E-state index contributed by atoms with van der Waals surface area (Å²) >= 11 is 0. The standard InChI is InChI=1S/C16H20N2O2/c1-11-10-14(18-8-4-5-9-18)17-16-13(20-3)7-6-12(19-2)15(11)16/h6-7,10H,4-5,8-9H2,1-3H3. The number of benzene rings is 1. The van der Waals surface area contributed by atoms with Gasteiger partial charge in [-0.25, -0.2) is 4.98 Å². The van der Waals surface area contributed by atoms with E-state index in [9.17, 15) is 0 Å². The van der Waals surface area contributed by atoms with Crippen molar-refractivity contribution in [3.05, 3.63) is 23.8 Å². The van der Waals surface area contributed by atoms with Gasteiger partial charge < -0.3 is 14.4 Å². The minimum atomic E-state index is 0.796. The molecule has 1 aliphatic rings. The maximum Gasteiger partial charge on any atom is 0.145 e. The minimum Gasteiger partial charge on any atom is -0.496 e. The van der Waals surface area contributed by atoms with Crippen LogP contribution in [0.2, 0.25) is 0 Å². The monoisotopic (exact) mass is 272 g/mol. The second kappa shape index (κ2) is 5.19. The van der Waals surface area contributed by atoms with Gasteiger partial charge in [0.1, 0.15) is 22.8 Å². The molecule has 4 nitrogen and oxygen atoms in total.